The van der Waals surface area contributed by atoms with Gasteiger partial charge in [0.15, 0.2) is 0 Å². The zero-order valence-electron chi connectivity index (χ0n) is 8.85. The first-order valence-electron chi connectivity index (χ1n) is 5.51. The maximum Gasteiger partial charge on any atom is 0.00876 e. The summed E-state index contributed by atoms with van der Waals surface area (Å²) in [5.74, 6) is 1.17. The number of rotatable bonds is 0. The van der Waals surface area contributed by atoms with Crippen molar-refractivity contribution in [1.29, 1.82) is 0 Å². The lowest BCUT2D eigenvalue weighted by Gasteiger charge is -2.30. The SMILES string of the molecule is CC1c2ccccc2C=C2C=CC=CC21. The van der Waals surface area contributed by atoms with Gasteiger partial charge in [0.25, 0.3) is 0 Å². The molecule has 74 valence electrons. The molecule has 0 fully saturated rings. The Morgan fingerprint density at radius 2 is 1.93 bits per heavy atom. The van der Waals surface area contributed by atoms with Crippen LogP contribution in [0.4, 0.5) is 0 Å². The van der Waals surface area contributed by atoms with E-state index in [0.29, 0.717) is 11.8 Å². The van der Waals surface area contributed by atoms with E-state index in [1.807, 2.05) is 0 Å². The Morgan fingerprint density at radius 3 is 2.87 bits per heavy atom. The molecule has 0 heteroatoms. The molecule has 0 amide bonds. The molecule has 2 atom stereocenters. The van der Waals surface area contributed by atoms with Crippen LogP contribution in [0.1, 0.15) is 24.0 Å². The molecule has 0 heterocycles. The third kappa shape index (κ3) is 1.29. The molecule has 2 unspecified atom stereocenters. The number of hydrogen-bond donors (Lipinski definition) is 0. The van der Waals surface area contributed by atoms with Gasteiger partial charge in [0.2, 0.25) is 0 Å². The van der Waals surface area contributed by atoms with Gasteiger partial charge in [-0.2, -0.15) is 0 Å². The third-order valence-corrected chi connectivity index (χ3v) is 3.45. The number of allylic oxidation sites excluding steroid dienone is 5. The first-order valence-corrected chi connectivity index (χ1v) is 5.51. The summed E-state index contributed by atoms with van der Waals surface area (Å²) in [6.45, 7) is 2.32. The van der Waals surface area contributed by atoms with Crippen molar-refractivity contribution in [2.45, 2.75) is 12.8 Å². The van der Waals surface area contributed by atoms with E-state index in [9.17, 15) is 0 Å². The predicted molar refractivity (Wildman–Crippen MR) is 64.6 cm³/mol. The van der Waals surface area contributed by atoms with Crippen LogP contribution in [0.15, 0.2) is 54.1 Å². The zero-order valence-corrected chi connectivity index (χ0v) is 8.85. The average molecular weight is 194 g/mol. The Kier molecular flexibility index (Phi) is 1.88. The first-order chi connectivity index (χ1) is 7.36. The Hall–Kier alpha value is -1.56. The summed E-state index contributed by atoms with van der Waals surface area (Å²) in [5.41, 5.74) is 4.31. The molecular weight excluding hydrogens is 180 g/mol. The molecule has 1 aromatic rings. The fourth-order valence-electron chi connectivity index (χ4n) is 2.60. The molecule has 15 heavy (non-hydrogen) atoms. The minimum Gasteiger partial charge on any atom is -0.0764 e. The lowest BCUT2D eigenvalue weighted by molar-refractivity contribution is 0.617. The molecule has 2 aliphatic carbocycles. The van der Waals surface area contributed by atoms with Crippen molar-refractivity contribution in [3.63, 3.8) is 0 Å². The fraction of sp³-hybridized carbons (Fsp3) is 0.200. The quantitative estimate of drug-likeness (QED) is 0.587. The third-order valence-electron chi connectivity index (χ3n) is 3.45. The van der Waals surface area contributed by atoms with E-state index in [0.717, 1.165) is 0 Å². The van der Waals surface area contributed by atoms with E-state index < -0.39 is 0 Å². The second-order valence-corrected chi connectivity index (χ2v) is 4.33. The Labute approximate surface area is 90.6 Å². The summed E-state index contributed by atoms with van der Waals surface area (Å²) in [4.78, 5) is 0. The summed E-state index contributed by atoms with van der Waals surface area (Å²) >= 11 is 0. The van der Waals surface area contributed by atoms with E-state index in [1.54, 1.807) is 0 Å². The fourth-order valence-corrected chi connectivity index (χ4v) is 2.60. The minimum absolute atomic E-state index is 0.574. The molecule has 0 radical (unpaired) electrons. The van der Waals surface area contributed by atoms with Gasteiger partial charge in [0.05, 0.1) is 0 Å². The Balaban J connectivity index is 2.19. The summed E-state index contributed by atoms with van der Waals surface area (Å²) in [6, 6.07) is 8.71. The molecule has 0 nitrogen and oxygen atoms in total. The van der Waals surface area contributed by atoms with Crippen LogP contribution in [-0.2, 0) is 0 Å². The van der Waals surface area contributed by atoms with E-state index in [-0.39, 0.29) is 0 Å². The first kappa shape index (κ1) is 8.72. The molecule has 0 saturated carbocycles. The molecule has 3 rings (SSSR count). The second kappa shape index (κ2) is 3.23. The molecule has 1 aromatic carbocycles. The van der Waals surface area contributed by atoms with Gasteiger partial charge in [0, 0.05) is 5.92 Å². The minimum atomic E-state index is 0.574. The lowest BCUT2D eigenvalue weighted by atomic mass is 9.74. The summed E-state index contributed by atoms with van der Waals surface area (Å²) in [6.07, 6.45) is 11.2. The lowest BCUT2D eigenvalue weighted by Crippen LogP contribution is -2.15. The highest BCUT2D eigenvalue weighted by atomic mass is 14.3. The van der Waals surface area contributed by atoms with E-state index in [1.165, 1.54) is 16.7 Å². The zero-order chi connectivity index (χ0) is 10.3. The molecular formula is C15H14. The van der Waals surface area contributed by atoms with Crippen LogP contribution in [0.25, 0.3) is 6.08 Å². The van der Waals surface area contributed by atoms with Crippen LogP contribution in [-0.4, -0.2) is 0 Å². The van der Waals surface area contributed by atoms with E-state index >= 15 is 0 Å². The van der Waals surface area contributed by atoms with Gasteiger partial charge in [-0.05, 0) is 22.6 Å². The van der Waals surface area contributed by atoms with Gasteiger partial charge in [0.1, 0.15) is 0 Å². The predicted octanol–water partition coefficient (Wildman–Crippen LogP) is 3.93. The van der Waals surface area contributed by atoms with E-state index in [2.05, 4.69) is 61.6 Å². The van der Waals surface area contributed by atoms with Crippen LogP contribution in [0, 0.1) is 5.92 Å². The maximum atomic E-state index is 2.32. The largest absolute Gasteiger partial charge is 0.0764 e. The van der Waals surface area contributed by atoms with Crippen molar-refractivity contribution in [3.05, 3.63) is 65.3 Å². The second-order valence-electron chi connectivity index (χ2n) is 4.33. The average Bonchev–Trinajstić information content (AvgIpc) is 2.30. The Morgan fingerprint density at radius 1 is 1.07 bits per heavy atom. The van der Waals surface area contributed by atoms with Crippen molar-refractivity contribution in [2.75, 3.05) is 0 Å². The monoisotopic (exact) mass is 194 g/mol. The van der Waals surface area contributed by atoms with Gasteiger partial charge < -0.3 is 0 Å². The van der Waals surface area contributed by atoms with Gasteiger partial charge >= 0.3 is 0 Å². The van der Waals surface area contributed by atoms with Crippen LogP contribution < -0.4 is 0 Å². The molecule has 0 N–H and O–H groups in total. The molecule has 0 bridgehead atoms. The van der Waals surface area contributed by atoms with Crippen molar-refractivity contribution in [1.82, 2.24) is 0 Å². The van der Waals surface area contributed by atoms with Crippen LogP contribution >= 0.6 is 0 Å². The smallest absolute Gasteiger partial charge is 0.00876 e. The number of fused-ring (bicyclic) bond motifs is 2. The summed E-state index contributed by atoms with van der Waals surface area (Å²) in [7, 11) is 0. The summed E-state index contributed by atoms with van der Waals surface area (Å²) in [5, 5.41) is 0. The van der Waals surface area contributed by atoms with Crippen LogP contribution in [0.3, 0.4) is 0 Å². The van der Waals surface area contributed by atoms with Gasteiger partial charge in [-0.3, -0.25) is 0 Å². The molecule has 0 aliphatic heterocycles. The highest BCUT2D eigenvalue weighted by Gasteiger charge is 2.25. The van der Waals surface area contributed by atoms with E-state index in [4.69, 9.17) is 0 Å². The van der Waals surface area contributed by atoms with Crippen LogP contribution in [0.2, 0.25) is 0 Å². The Bertz CT molecular complexity index is 475. The van der Waals surface area contributed by atoms with Gasteiger partial charge in [-0.25, -0.2) is 0 Å². The highest BCUT2D eigenvalue weighted by Crippen LogP contribution is 2.40. The van der Waals surface area contributed by atoms with Crippen molar-refractivity contribution >= 4 is 6.08 Å². The van der Waals surface area contributed by atoms with Crippen molar-refractivity contribution in [2.24, 2.45) is 5.92 Å². The topological polar surface area (TPSA) is 0 Å². The highest BCUT2D eigenvalue weighted by molar-refractivity contribution is 5.65. The number of benzene rings is 1. The van der Waals surface area contributed by atoms with Gasteiger partial charge in [-0.15, -0.1) is 0 Å². The van der Waals surface area contributed by atoms with Crippen LogP contribution in [0.5, 0.6) is 0 Å². The van der Waals surface area contributed by atoms with Gasteiger partial charge in [-0.1, -0.05) is 61.6 Å². The van der Waals surface area contributed by atoms with Crippen molar-refractivity contribution < 1.29 is 0 Å². The summed E-state index contributed by atoms with van der Waals surface area (Å²) < 4.78 is 0. The van der Waals surface area contributed by atoms with Crippen molar-refractivity contribution in [3.8, 4) is 0 Å². The normalized spacial score (nSPS) is 26.9. The molecule has 0 saturated heterocycles. The molecule has 2 aliphatic rings. The number of hydrogen-bond acceptors (Lipinski definition) is 0. The molecule has 0 spiro atoms. The molecule has 0 aromatic heterocycles. The standard InChI is InChI=1S/C15H14/c1-11-14-8-4-2-6-12(14)10-13-7-3-5-9-15(11)13/h2-11,14H,1H3. The maximum absolute atomic E-state index is 2.32.